The predicted octanol–water partition coefficient (Wildman–Crippen LogP) is 1.92. The predicted molar refractivity (Wildman–Crippen MR) is 83.8 cm³/mol. The second-order valence-electron chi connectivity index (χ2n) is 5.37. The van der Waals surface area contributed by atoms with Crippen LogP contribution in [0, 0.1) is 0 Å². The summed E-state index contributed by atoms with van der Waals surface area (Å²) in [5.74, 6) is 0.483. The van der Waals surface area contributed by atoms with Crippen molar-refractivity contribution in [3.8, 4) is 0 Å². The molecule has 1 saturated heterocycles. The van der Waals surface area contributed by atoms with Crippen LogP contribution in [0.25, 0.3) is 0 Å². The number of rotatable bonds is 2. The minimum atomic E-state index is -3.74. The van der Waals surface area contributed by atoms with Crippen LogP contribution < -0.4 is 9.21 Å². The zero-order valence-corrected chi connectivity index (χ0v) is 13.1. The molecule has 0 N–H and O–H groups in total. The van der Waals surface area contributed by atoms with Crippen LogP contribution in [0.3, 0.4) is 0 Å². The number of halogens is 1. The summed E-state index contributed by atoms with van der Waals surface area (Å²) in [6.07, 6.45) is 5.14. The molecule has 2 aliphatic rings. The van der Waals surface area contributed by atoms with E-state index in [-0.39, 0.29) is 10.9 Å². The van der Waals surface area contributed by atoms with Crippen LogP contribution >= 0.6 is 11.6 Å². The highest BCUT2D eigenvalue weighted by molar-refractivity contribution is 7.92. The Hall–Kier alpha value is -1.86. The number of anilines is 2. The highest BCUT2D eigenvalue weighted by Gasteiger charge is 2.43. The van der Waals surface area contributed by atoms with E-state index in [0.29, 0.717) is 17.4 Å². The van der Waals surface area contributed by atoms with E-state index in [4.69, 9.17) is 11.6 Å². The van der Waals surface area contributed by atoms with Crippen molar-refractivity contribution in [3.05, 3.63) is 41.8 Å². The lowest BCUT2D eigenvalue weighted by molar-refractivity contribution is 0.576. The van der Waals surface area contributed by atoms with Crippen molar-refractivity contribution in [2.24, 2.45) is 0 Å². The van der Waals surface area contributed by atoms with Crippen LogP contribution in [0.5, 0.6) is 0 Å². The van der Waals surface area contributed by atoms with Crippen LogP contribution in [-0.4, -0.2) is 37.5 Å². The first-order valence-corrected chi connectivity index (χ1v) is 8.74. The van der Waals surface area contributed by atoms with E-state index in [1.54, 1.807) is 6.20 Å². The van der Waals surface area contributed by atoms with Gasteiger partial charge in [0, 0.05) is 31.7 Å². The van der Waals surface area contributed by atoms with Gasteiger partial charge in [-0.05, 0) is 24.6 Å². The molecule has 2 aromatic rings. The Morgan fingerprint density at radius 3 is 3.00 bits per heavy atom. The van der Waals surface area contributed by atoms with Crippen molar-refractivity contribution in [3.63, 3.8) is 0 Å². The fourth-order valence-corrected chi connectivity index (χ4v) is 4.96. The van der Waals surface area contributed by atoms with Gasteiger partial charge in [-0.15, -0.1) is 0 Å². The summed E-state index contributed by atoms with van der Waals surface area (Å²) >= 11 is 5.90. The van der Waals surface area contributed by atoms with Crippen molar-refractivity contribution in [1.82, 2.24) is 9.97 Å². The summed E-state index contributed by atoms with van der Waals surface area (Å²) in [5.41, 5.74) is 0.856. The molecule has 6 nitrogen and oxygen atoms in total. The maximum absolute atomic E-state index is 13.1. The van der Waals surface area contributed by atoms with Crippen LogP contribution in [-0.2, 0) is 10.0 Å². The molecule has 0 spiro atoms. The van der Waals surface area contributed by atoms with Gasteiger partial charge in [0.15, 0.2) is 5.82 Å². The summed E-state index contributed by atoms with van der Waals surface area (Å²) < 4.78 is 27.5. The summed E-state index contributed by atoms with van der Waals surface area (Å²) in [4.78, 5) is 10.5. The molecule has 1 atom stereocenters. The van der Waals surface area contributed by atoms with Crippen LogP contribution in [0.1, 0.15) is 6.42 Å². The van der Waals surface area contributed by atoms with Gasteiger partial charge >= 0.3 is 0 Å². The number of nitrogens with zero attached hydrogens (tertiary/aromatic N) is 4. The Balaban J connectivity index is 1.89. The van der Waals surface area contributed by atoms with Gasteiger partial charge in [0.25, 0.3) is 10.0 Å². The van der Waals surface area contributed by atoms with Gasteiger partial charge < -0.3 is 4.90 Å². The average Bonchev–Trinajstić information content (AvgIpc) is 2.91. The Bertz CT molecular complexity index is 842. The fraction of sp³-hybridized carbons (Fsp3) is 0.286. The Kier molecular flexibility index (Phi) is 3.02. The van der Waals surface area contributed by atoms with E-state index in [1.165, 1.54) is 22.8 Å². The number of fused-ring (bicyclic) bond motifs is 4. The van der Waals surface area contributed by atoms with Crippen molar-refractivity contribution in [2.45, 2.75) is 17.4 Å². The lowest BCUT2D eigenvalue weighted by Crippen LogP contribution is -2.46. The Morgan fingerprint density at radius 1 is 1.32 bits per heavy atom. The molecule has 0 aromatic carbocycles. The third-order valence-corrected chi connectivity index (χ3v) is 6.06. The van der Waals surface area contributed by atoms with Gasteiger partial charge in [-0.25, -0.2) is 17.7 Å². The maximum Gasteiger partial charge on any atom is 0.267 e. The SMILES string of the molecule is O=S(=O)(c1cncc(Cl)c1)N1c2ncccc2N2CCC1C2. The van der Waals surface area contributed by atoms with Crippen molar-refractivity contribution < 1.29 is 8.42 Å². The Labute approximate surface area is 133 Å². The molecule has 4 heterocycles. The highest BCUT2D eigenvalue weighted by atomic mass is 35.5. The third-order valence-electron chi connectivity index (χ3n) is 4.05. The summed E-state index contributed by atoms with van der Waals surface area (Å²) in [7, 11) is -3.74. The monoisotopic (exact) mass is 336 g/mol. The molecule has 114 valence electrons. The van der Waals surface area contributed by atoms with E-state index in [0.717, 1.165) is 18.7 Å². The number of hydrogen-bond acceptors (Lipinski definition) is 5. The van der Waals surface area contributed by atoms with Gasteiger partial charge in [-0.3, -0.25) is 4.98 Å². The van der Waals surface area contributed by atoms with E-state index in [9.17, 15) is 8.42 Å². The number of aromatic nitrogens is 2. The van der Waals surface area contributed by atoms with Gasteiger partial charge in [0.05, 0.1) is 16.8 Å². The van der Waals surface area contributed by atoms with Gasteiger partial charge in [0.1, 0.15) is 4.90 Å². The van der Waals surface area contributed by atoms with E-state index >= 15 is 0 Å². The number of hydrogen-bond donors (Lipinski definition) is 0. The molecule has 2 aromatic heterocycles. The molecule has 0 amide bonds. The first kappa shape index (κ1) is 13.8. The van der Waals surface area contributed by atoms with Gasteiger partial charge in [-0.2, -0.15) is 0 Å². The smallest absolute Gasteiger partial charge is 0.267 e. The molecule has 8 heteroatoms. The highest BCUT2D eigenvalue weighted by Crippen LogP contribution is 2.41. The standard InChI is InChI=1S/C14H13ClN4O2S/c15-10-6-12(8-16-7-10)22(20,21)19-11-3-5-18(9-11)13-2-1-4-17-14(13)19/h1-2,4,6-8,11H,3,5,9H2. The minimum Gasteiger partial charge on any atom is -0.366 e. The quantitative estimate of drug-likeness (QED) is 0.838. The third kappa shape index (κ3) is 1.96. The van der Waals surface area contributed by atoms with Gasteiger partial charge in [0.2, 0.25) is 0 Å². The number of pyridine rings is 2. The lowest BCUT2D eigenvalue weighted by Gasteiger charge is -2.36. The average molecular weight is 337 g/mol. The summed E-state index contributed by atoms with van der Waals surface area (Å²) in [5, 5.41) is 0.298. The van der Waals surface area contributed by atoms with E-state index < -0.39 is 10.0 Å². The van der Waals surface area contributed by atoms with Crippen LogP contribution in [0.4, 0.5) is 11.5 Å². The molecular weight excluding hydrogens is 324 g/mol. The lowest BCUT2D eigenvalue weighted by atomic mass is 10.2. The van der Waals surface area contributed by atoms with Crippen molar-refractivity contribution >= 4 is 33.1 Å². The molecule has 2 bridgehead atoms. The zero-order chi connectivity index (χ0) is 15.3. The largest absolute Gasteiger partial charge is 0.366 e. The number of sulfonamides is 1. The van der Waals surface area contributed by atoms with E-state index in [1.807, 2.05) is 12.1 Å². The molecule has 2 aliphatic heterocycles. The molecule has 0 aliphatic carbocycles. The van der Waals surface area contributed by atoms with Crippen LogP contribution in [0.2, 0.25) is 5.02 Å². The van der Waals surface area contributed by atoms with Gasteiger partial charge in [-0.1, -0.05) is 11.6 Å². The summed E-state index contributed by atoms with van der Waals surface area (Å²) in [6, 6.07) is 5.05. The molecule has 22 heavy (non-hydrogen) atoms. The molecule has 4 rings (SSSR count). The van der Waals surface area contributed by atoms with Crippen molar-refractivity contribution in [1.29, 1.82) is 0 Å². The topological polar surface area (TPSA) is 66.4 Å². The minimum absolute atomic E-state index is 0.0944. The van der Waals surface area contributed by atoms with Crippen molar-refractivity contribution in [2.75, 3.05) is 22.3 Å². The van der Waals surface area contributed by atoms with Crippen LogP contribution in [0.15, 0.2) is 41.7 Å². The van der Waals surface area contributed by atoms with E-state index in [2.05, 4.69) is 14.9 Å². The molecule has 1 unspecified atom stereocenters. The second-order valence-corrected chi connectivity index (χ2v) is 7.63. The molecule has 1 fully saturated rings. The first-order valence-electron chi connectivity index (χ1n) is 6.92. The molecular formula is C14H13ClN4O2S. The normalized spacial score (nSPS) is 20.1. The zero-order valence-electron chi connectivity index (χ0n) is 11.6. The Morgan fingerprint density at radius 2 is 2.18 bits per heavy atom. The fourth-order valence-electron chi connectivity index (χ4n) is 3.09. The maximum atomic E-state index is 13.1. The second kappa shape index (κ2) is 4.82. The summed E-state index contributed by atoms with van der Waals surface area (Å²) in [6.45, 7) is 1.52. The first-order chi connectivity index (χ1) is 10.6. The molecule has 0 saturated carbocycles. The molecule has 0 radical (unpaired) electrons.